The summed E-state index contributed by atoms with van der Waals surface area (Å²) in [6, 6.07) is 18.9. The average molecular weight is 389 g/mol. The fourth-order valence-corrected chi connectivity index (χ4v) is 3.37. The van der Waals surface area contributed by atoms with Crippen molar-refractivity contribution < 1.29 is 0 Å². The minimum Gasteiger partial charge on any atom is -0.369 e. The lowest BCUT2D eigenvalue weighted by molar-refractivity contribution is 0.313. The van der Waals surface area contributed by atoms with Crippen LogP contribution in [0, 0.1) is 6.92 Å². The third-order valence-corrected chi connectivity index (χ3v) is 5.24. The first-order valence-corrected chi connectivity index (χ1v) is 10.1. The van der Waals surface area contributed by atoms with Gasteiger partial charge in [-0.05, 0) is 49.9 Å². The molecule has 29 heavy (non-hydrogen) atoms. The Bertz CT molecular complexity index is 915. The Labute approximate surface area is 172 Å². The van der Waals surface area contributed by atoms with Gasteiger partial charge in [-0.2, -0.15) is 4.98 Å². The van der Waals surface area contributed by atoms with Gasteiger partial charge in [0.25, 0.3) is 0 Å². The molecule has 1 aliphatic heterocycles. The van der Waals surface area contributed by atoms with Crippen molar-refractivity contribution in [1.82, 2.24) is 14.9 Å². The van der Waals surface area contributed by atoms with Crippen LogP contribution in [0.2, 0.25) is 0 Å². The molecule has 0 saturated carbocycles. The molecule has 6 heteroatoms. The highest BCUT2D eigenvalue weighted by Crippen LogP contribution is 2.21. The first-order chi connectivity index (χ1) is 14.2. The van der Waals surface area contributed by atoms with Gasteiger partial charge in [0, 0.05) is 50.3 Å². The molecule has 1 saturated heterocycles. The van der Waals surface area contributed by atoms with Gasteiger partial charge < -0.3 is 20.4 Å². The van der Waals surface area contributed by atoms with Crippen LogP contribution in [0.4, 0.5) is 23.1 Å². The van der Waals surface area contributed by atoms with Gasteiger partial charge in [-0.3, -0.25) is 0 Å². The summed E-state index contributed by atoms with van der Waals surface area (Å²) in [5.74, 6) is 1.39. The predicted molar refractivity (Wildman–Crippen MR) is 120 cm³/mol. The minimum atomic E-state index is 0.589. The van der Waals surface area contributed by atoms with Crippen molar-refractivity contribution in [1.29, 1.82) is 0 Å². The number of aromatic nitrogens is 2. The number of likely N-dealkylation sites (N-methyl/N-ethyl adjacent to an activating group) is 1. The number of benzene rings is 2. The van der Waals surface area contributed by atoms with E-state index in [1.165, 1.54) is 16.8 Å². The molecule has 1 aliphatic rings. The highest BCUT2D eigenvalue weighted by molar-refractivity contribution is 5.60. The zero-order valence-corrected chi connectivity index (χ0v) is 17.1. The number of piperazine rings is 1. The van der Waals surface area contributed by atoms with Crippen LogP contribution in [0.1, 0.15) is 11.1 Å². The second-order valence-corrected chi connectivity index (χ2v) is 7.57. The van der Waals surface area contributed by atoms with Crippen molar-refractivity contribution in [2.75, 3.05) is 48.8 Å². The second kappa shape index (κ2) is 8.92. The molecule has 0 bridgehead atoms. The maximum atomic E-state index is 4.57. The van der Waals surface area contributed by atoms with Crippen LogP contribution in [0.5, 0.6) is 0 Å². The number of hydrogen-bond donors (Lipinski definition) is 2. The third kappa shape index (κ3) is 5.23. The maximum Gasteiger partial charge on any atom is 0.229 e. The van der Waals surface area contributed by atoms with Crippen LogP contribution in [-0.2, 0) is 6.54 Å². The Kier molecular flexibility index (Phi) is 5.91. The molecule has 2 heterocycles. The Morgan fingerprint density at radius 1 is 0.897 bits per heavy atom. The van der Waals surface area contributed by atoms with Crippen LogP contribution in [0.15, 0.2) is 60.8 Å². The Balaban J connectivity index is 1.35. The van der Waals surface area contributed by atoms with Crippen molar-refractivity contribution >= 4 is 23.1 Å². The molecule has 2 N–H and O–H groups in total. The van der Waals surface area contributed by atoms with E-state index in [0.29, 0.717) is 5.95 Å². The zero-order chi connectivity index (χ0) is 20.1. The Morgan fingerprint density at radius 3 is 2.34 bits per heavy atom. The first kappa shape index (κ1) is 19.2. The average Bonchev–Trinajstić information content (AvgIpc) is 2.75. The van der Waals surface area contributed by atoms with Crippen LogP contribution >= 0.6 is 0 Å². The molecule has 0 radical (unpaired) electrons. The number of hydrogen-bond acceptors (Lipinski definition) is 6. The molecule has 2 aromatic carbocycles. The van der Waals surface area contributed by atoms with E-state index < -0.39 is 0 Å². The van der Waals surface area contributed by atoms with Gasteiger partial charge in [0.15, 0.2) is 0 Å². The standard InChI is InChI=1S/C23H28N6/c1-18-3-5-19(6-4-18)17-25-22-11-12-24-23(27-22)26-20-7-9-21(10-8-20)29-15-13-28(2)14-16-29/h3-12H,13-17H2,1-2H3,(H2,24,25,26,27). The molecular weight excluding hydrogens is 360 g/mol. The fourth-order valence-electron chi connectivity index (χ4n) is 3.37. The molecule has 4 rings (SSSR count). The van der Waals surface area contributed by atoms with Crippen LogP contribution in [0.25, 0.3) is 0 Å². The number of rotatable bonds is 6. The highest BCUT2D eigenvalue weighted by Gasteiger charge is 2.14. The third-order valence-electron chi connectivity index (χ3n) is 5.24. The summed E-state index contributed by atoms with van der Waals surface area (Å²) in [4.78, 5) is 13.7. The second-order valence-electron chi connectivity index (χ2n) is 7.57. The first-order valence-electron chi connectivity index (χ1n) is 10.1. The van der Waals surface area contributed by atoms with Crippen molar-refractivity contribution in [3.8, 4) is 0 Å². The lowest BCUT2D eigenvalue weighted by atomic mass is 10.1. The number of aryl methyl sites for hydroxylation is 1. The van der Waals surface area contributed by atoms with E-state index in [0.717, 1.165) is 44.2 Å². The molecule has 0 atom stereocenters. The molecule has 150 valence electrons. The summed E-state index contributed by atoms with van der Waals surface area (Å²) >= 11 is 0. The van der Waals surface area contributed by atoms with E-state index in [-0.39, 0.29) is 0 Å². The predicted octanol–water partition coefficient (Wildman–Crippen LogP) is 3.89. The SMILES string of the molecule is Cc1ccc(CNc2ccnc(Nc3ccc(N4CCN(C)CC4)cc3)n2)cc1. The Hall–Kier alpha value is -3.12. The molecule has 0 unspecified atom stereocenters. The van der Waals surface area contributed by atoms with E-state index in [1.54, 1.807) is 6.20 Å². The zero-order valence-electron chi connectivity index (χ0n) is 17.1. The minimum absolute atomic E-state index is 0.589. The fraction of sp³-hybridized carbons (Fsp3) is 0.304. The van der Waals surface area contributed by atoms with Gasteiger partial charge in [0.1, 0.15) is 5.82 Å². The summed E-state index contributed by atoms with van der Waals surface area (Å²) < 4.78 is 0. The summed E-state index contributed by atoms with van der Waals surface area (Å²) in [6.07, 6.45) is 1.77. The van der Waals surface area contributed by atoms with Gasteiger partial charge in [-0.1, -0.05) is 29.8 Å². The van der Waals surface area contributed by atoms with Crippen LogP contribution in [-0.4, -0.2) is 48.1 Å². The van der Waals surface area contributed by atoms with Crippen LogP contribution < -0.4 is 15.5 Å². The topological polar surface area (TPSA) is 56.3 Å². The molecule has 0 spiro atoms. The Morgan fingerprint density at radius 2 is 1.62 bits per heavy atom. The normalized spacial score (nSPS) is 14.6. The molecule has 1 aromatic heterocycles. The van der Waals surface area contributed by atoms with E-state index in [1.807, 2.05) is 6.07 Å². The summed E-state index contributed by atoms with van der Waals surface area (Å²) in [7, 11) is 2.17. The van der Waals surface area contributed by atoms with Crippen molar-refractivity contribution in [3.05, 3.63) is 71.9 Å². The van der Waals surface area contributed by atoms with Gasteiger partial charge in [-0.15, -0.1) is 0 Å². The largest absolute Gasteiger partial charge is 0.369 e. The summed E-state index contributed by atoms with van der Waals surface area (Å²) in [5, 5.41) is 6.66. The van der Waals surface area contributed by atoms with Crippen LogP contribution in [0.3, 0.4) is 0 Å². The summed E-state index contributed by atoms with van der Waals surface area (Å²) in [5.41, 5.74) is 4.74. The number of nitrogens with zero attached hydrogens (tertiary/aromatic N) is 4. The maximum absolute atomic E-state index is 4.57. The lowest BCUT2D eigenvalue weighted by Crippen LogP contribution is -2.44. The smallest absolute Gasteiger partial charge is 0.229 e. The van der Waals surface area contributed by atoms with Crippen molar-refractivity contribution in [3.63, 3.8) is 0 Å². The summed E-state index contributed by atoms with van der Waals surface area (Å²) in [6.45, 7) is 7.18. The molecule has 6 nitrogen and oxygen atoms in total. The van der Waals surface area contributed by atoms with E-state index in [4.69, 9.17) is 0 Å². The monoisotopic (exact) mass is 388 g/mol. The number of nitrogens with one attached hydrogen (secondary N) is 2. The van der Waals surface area contributed by atoms with Gasteiger partial charge in [0.2, 0.25) is 5.95 Å². The van der Waals surface area contributed by atoms with E-state index in [9.17, 15) is 0 Å². The van der Waals surface area contributed by atoms with Gasteiger partial charge >= 0.3 is 0 Å². The molecule has 0 amide bonds. The van der Waals surface area contributed by atoms with Crippen molar-refractivity contribution in [2.24, 2.45) is 0 Å². The quantitative estimate of drug-likeness (QED) is 0.668. The highest BCUT2D eigenvalue weighted by atomic mass is 15.2. The van der Waals surface area contributed by atoms with Gasteiger partial charge in [0.05, 0.1) is 0 Å². The van der Waals surface area contributed by atoms with E-state index >= 15 is 0 Å². The number of anilines is 4. The molecular formula is C23H28N6. The van der Waals surface area contributed by atoms with Crippen molar-refractivity contribution in [2.45, 2.75) is 13.5 Å². The molecule has 1 fully saturated rings. The lowest BCUT2D eigenvalue weighted by Gasteiger charge is -2.34. The van der Waals surface area contributed by atoms with E-state index in [2.05, 4.69) is 92.9 Å². The molecule has 0 aliphatic carbocycles. The van der Waals surface area contributed by atoms with Gasteiger partial charge in [-0.25, -0.2) is 4.98 Å². The molecule has 3 aromatic rings.